The van der Waals surface area contributed by atoms with E-state index in [4.69, 9.17) is 0 Å². The van der Waals surface area contributed by atoms with E-state index in [1.807, 2.05) is 42.2 Å². The van der Waals surface area contributed by atoms with Crippen LogP contribution in [-0.4, -0.2) is 49.8 Å². The minimum absolute atomic E-state index is 0.0418. The van der Waals surface area contributed by atoms with Gasteiger partial charge in [-0.3, -0.25) is 14.2 Å². The van der Waals surface area contributed by atoms with Crippen molar-refractivity contribution in [1.82, 2.24) is 14.5 Å². The maximum Gasteiger partial charge on any atom is 0.335 e. The molecule has 4 rings (SSSR count). The zero-order valence-electron chi connectivity index (χ0n) is 19.4. The van der Waals surface area contributed by atoms with Gasteiger partial charge in [0.15, 0.2) is 5.16 Å². The highest BCUT2D eigenvalue weighted by molar-refractivity contribution is 8.00. The first-order chi connectivity index (χ1) is 16.3. The van der Waals surface area contributed by atoms with Crippen molar-refractivity contribution in [2.75, 3.05) is 13.1 Å². The molecule has 7 nitrogen and oxygen atoms in total. The summed E-state index contributed by atoms with van der Waals surface area (Å²) < 4.78 is 1.61. The average Bonchev–Trinajstić information content (AvgIpc) is 2.84. The normalized spacial score (nSPS) is 15.4. The smallest absolute Gasteiger partial charge is 0.335 e. The van der Waals surface area contributed by atoms with Gasteiger partial charge < -0.3 is 10.0 Å². The summed E-state index contributed by atoms with van der Waals surface area (Å²) in [6.45, 7) is 5.96. The number of carboxylic acids is 1. The largest absolute Gasteiger partial charge is 0.478 e. The predicted molar refractivity (Wildman–Crippen MR) is 133 cm³/mol. The van der Waals surface area contributed by atoms with Gasteiger partial charge in [-0.15, -0.1) is 0 Å². The number of fused-ring (bicyclic) bond motifs is 1. The first kappa shape index (κ1) is 24.0. The second-order valence-electron chi connectivity index (χ2n) is 8.89. The third-order valence-electron chi connectivity index (χ3n) is 6.36. The number of carbonyl (C=O) groups excluding carboxylic acids is 1. The molecule has 1 aliphatic heterocycles. The van der Waals surface area contributed by atoms with E-state index in [9.17, 15) is 19.5 Å². The number of nitrogens with zero attached hydrogens (tertiary/aromatic N) is 3. The summed E-state index contributed by atoms with van der Waals surface area (Å²) >= 11 is 1.26. The van der Waals surface area contributed by atoms with E-state index in [2.05, 4.69) is 11.9 Å². The first-order valence-corrected chi connectivity index (χ1v) is 12.5. The van der Waals surface area contributed by atoms with E-state index in [0.29, 0.717) is 34.9 Å². The third-order valence-corrected chi connectivity index (χ3v) is 7.44. The van der Waals surface area contributed by atoms with Crippen molar-refractivity contribution in [1.29, 1.82) is 0 Å². The number of benzene rings is 2. The second kappa shape index (κ2) is 10.4. The van der Waals surface area contributed by atoms with Gasteiger partial charge in [-0.1, -0.05) is 49.0 Å². The molecule has 34 heavy (non-hydrogen) atoms. The van der Waals surface area contributed by atoms with Crippen LogP contribution in [0.1, 0.15) is 42.6 Å². The lowest BCUT2D eigenvalue weighted by Gasteiger charge is -2.32. The maximum atomic E-state index is 13.4. The molecule has 1 atom stereocenters. The maximum absolute atomic E-state index is 13.4. The average molecular weight is 480 g/mol. The minimum Gasteiger partial charge on any atom is -0.478 e. The van der Waals surface area contributed by atoms with Crippen LogP contribution in [0.5, 0.6) is 0 Å². The fraction of sp³-hybridized carbons (Fsp3) is 0.385. The van der Waals surface area contributed by atoms with Crippen LogP contribution in [0.25, 0.3) is 10.9 Å². The highest BCUT2D eigenvalue weighted by Gasteiger charge is 2.26. The summed E-state index contributed by atoms with van der Waals surface area (Å²) in [5, 5.41) is 9.75. The minimum atomic E-state index is -1.07. The van der Waals surface area contributed by atoms with Crippen molar-refractivity contribution in [3.8, 4) is 0 Å². The molecule has 178 valence electrons. The van der Waals surface area contributed by atoms with Crippen LogP contribution in [0.3, 0.4) is 0 Å². The Balaban J connectivity index is 1.67. The van der Waals surface area contributed by atoms with Crippen molar-refractivity contribution < 1.29 is 14.7 Å². The zero-order valence-corrected chi connectivity index (χ0v) is 20.3. The van der Waals surface area contributed by atoms with Crippen LogP contribution in [0.15, 0.2) is 58.5 Å². The monoisotopic (exact) mass is 479 g/mol. The summed E-state index contributed by atoms with van der Waals surface area (Å²) in [4.78, 5) is 44.5. The van der Waals surface area contributed by atoms with Crippen LogP contribution in [0, 0.1) is 5.92 Å². The number of aromatic carboxylic acids is 1. The molecule has 8 heteroatoms. The van der Waals surface area contributed by atoms with Gasteiger partial charge in [0.2, 0.25) is 5.91 Å². The molecule has 0 spiro atoms. The SMILES string of the molecule is CC1CCN(C(=O)[C@H](C)Sc2nc3cc(C(=O)O)ccc3c(=O)n2CCc2ccccc2)CC1. The molecule has 2 heterocycles. The number of piperidine rings is 1. The highest BCUT2D eigenvalue weighted by Crippen LogP contribution is 2.26. The number of rotatable bonds is 7. The summed E-state index contributed by atoms with van der Waals surface area (Å²) in [5.41, 5.74) is 1.27. The van der Waals surface area contributed by atoms with Crippen molar-refractivity contribution in [3.63, 3.8) is 0 Å². The number of carbonyl (C=O) groups is 2. The number of likely N-dealkylation sites (tertiary alicyclic amines) is 1. The van der Waals surface area contributed by atoms with E-state index in [-0.39, 0.29) is 17.0 Å². The Morgan fingerprint density at radius 1 is 1.15 bits per heavy atom. The summed E-state index contributed by atoms with van der Waals surface area (Å²) in [6, 6.07) is 14.2. The number of aryl methyl sites for hydroxylation is 1. The van der Waals surface area contributed by atoms with E-state index in [1.54, 1.807) is 4.57 Å². The predicted octanol–water partition coefficient (Wildman–Crippen LogP) is 4.08. The number of aromatic nitrogens is 2. The molecule has 1 aromatic heterocycles. The summed E-state index contributed by atoms with van der Waals surface area (Å²) in [6.07, 6.45) is 2.63. The zero-order chi connectivity index (χ0) is 24.2. The molecular weight excluding hydrogens is 450 g/mol. The lowest BCUT2D eigenvalue weighted by Crippen LogP contribution is -2.42. The Hall–Kier alpha value is -3.13. The van der Waals surface area contributed by atoms with Gasteiger partial charge in [0, 0.05) is 19.6 Å². The van der Waals surface area contributed by atoms with Crippen LogP contribution >= 0.6 is 11.8 Å². The van der Waals surface area contributed by atoms with Crippen molar-refractivity contribution >= 4 is 34.5 Å². The van der Waals surface area contributed by atoms with E-state index < -0.39 is 11.2 Å². The summed E-state index contributed by atoms with van der Waals surface area (Å²) in [5.74, 6) is -0.407. The fourth-order valence-electron chi connectivity index (χ4n) is 4.20. The molecule has 0 radical (unpaired) electrons. The lowest BCUT2D eigenvalue weighted by atomic mass is 9.99. The number of hydrogen-bond donors (Lipinski definition) is 1. The molecule has 1 fully saturated rings. The second-order valence-corrected chi connectivity index (χ2v) is 10.2. The van der Waals surface area contributed by atoms with Gasteiger partial charge in [-0.25, -0.2) is 9.78 Å². The van der Waals surface area contributed by atoms with Gasteiger partial charge in [-0.05, 0) is 55.9 Å². The van der Waals surface area contributed by atoms with E-state index >= 15 is 0 Å². The van der Waals surface area contributed by atoms with Crippen LogP contribution in [0.2, 0.25) is 0 Å². The summed E-state index contributed by atoms with van der Waals surface area (Å²) in [7, 11) is 0. The molecule has 0 saturated carbocycles. The van der Waals surface area contributed by atoms with Gasteiger partial charge in [0.25, 0.3) is 5.56 Å². The number of carboxylic acid groups (broad SMARTS) is 1. The Kier molecular flexibility index (Phi) is 7.36. The van der Waals surface area contributed by atoms with Gasteiger partial charge in [0.1, 0.15) is 0 Å². The van der Waals surface area contributed by atoms with E-state index in [1.165, 1.54) is 30.0 Å². The molecule has 0 bridgehead atoms. The molecule has 1 N–H and O–H groups in total. The van der Waals surface area contributed by atoms with Crippen LogP contribution in [0.4, 0.5) is 0 Å². The molecule has 0 unspecified atom stereocenters. The Morgan fingerprint density at radius 2 is 1.85 bits per heavy atom. The van der Waals surface area contributed by atoms with Gasteiger partial charge in [0.05, 0.1) is 21.7 Å². The quantitative estimate of drug-likeness (QED) is 0.406. The van der Waals surface area contributed by atoms with Crippen molar-refractivity contribution in [2.24, 2.45) is 5.92 Å². The molecule has 2 aromatic carbocycles. The first-order valence-electron chi connectivity index (χ1n) is 11.6. The number of amides is 1. The Bertz CT molecular complexity index is 1250. The molecule has 3 aromatic rings. The molecule has 0 aliphatic carbocycles. The molecular formula is C26H29N3O4S. The van der Waals surface area contributed by atoms with Crippen LogP contribution < -0.4 is 5.56 Å². The van der Waals surface area contributed by atoms with Crippen molar-refractivity contribution in [3.05, 3.63) is 70.0 Å². The fourth-order valence-corrected chi connectivity index (χ4v) is 5.22. The molecule has 1 saturated heterocycles. The lowest BCUT2D eigenvalue weighted by molar-refractivity contribution is -0.131. The van der Waals surface area contributed by atoms with E-state index in [0.717, 1.165) is 31.5 Å². The number of thioether (sulfide) groups is 1. The Labute approximate surface area is 202 Å². The van der Waals surface area contributed by atoms with Gasteiger partial charge >= 0.3 is 5.97 Å². The van der Waals surface area contributed by atoms with Crippen LogP contribution in [-0.2, 0) is 17.8 Å². The highest BCUT2D eigenvalue weighted by atomic mass is 32.2. The third kappa shape index (κ3) is 5.33. The van der Waals surface area contributed by atoms with Gasteiger partial charge in [-0.2, -0.15) is 0 Å². The Morgan fingerprint density at radius 3 is 2.53 bits per heavy atom. The molecule has 1 amide bonds. The topological polar surface area (TPSA) is 92.5 Å². The molecule has 1 aliphatic rings. The standard InChI is InChI=1S/C26H29N3O4S/c1-17-10-13-28(14-11-17)23(30)18(2)34-26-27-22-16-20(25(32)33)8-9-21(22)24(31)29(26)15-12-19-6-4-3-5-7-19/h3-9,16-18H,10-15H2,1-2H3,(H,32,33)/t18-/m0/s1. The number of hydrogen-bond acceptors (Lipinski definition) is 5. The van der Waals surface area contributed by atoms with Crippen molar-refractivity contribution in [2.45, 2.75) is 50.1 Å².